The fraction of sp³-hybridized carbons (Fsp3) is 0.118. The van der Waals surface area contributed by atoms with Gasteiger partial charge in [0.15, 0.2) is 5.70 Å². The number of hydrogen-bond donors (Lipinski definition) is 1. The normalized spacial score (nSPS) is 15.5. The highest BCUT2D eigenvalue weighted by molar-refractivity contribution is 7.12. The quantitative estimate of drug-likeness (QED) is 0.694. The number of thiophene rings is 1. The van der Waals surface area contributed by atoms with E-state index >= 15 is 0 Å². The minimum Gasteiger partial charge on any atom is -0.402 e. The van der Waals surface area contributed by atoms with Crippen molar-refractivity contribution in [2.75, 3.05) is 5.32 Å². The van der Waals surface area contributed by atoms with Crippen molar-refractivity contribution in [2.45, 2.75) is 13.8 Å². The summed E-state index contributed by atoms with van der Waals surface area (Å²) < 4.78 is 5.22. The number of benzene rings is 1. The molecule has 0 spiro atoms. The van der Waals surface area contributed by atoms with Crippen molar-refractivity contribution in [1.29, 1.82) is 0 Å². The van der Waals surface area contributed by atoms with E-state index in [0.717, 1.165) is 4.88 Å². The Kier molecular flexibility index (Phi) is 4.08. The molecule has 116 valence electrons. The second-order valence-electron chi connectivity index (χ2n) is 5.04. The summed E-state index contributed by atoms with van der Waals surface area (Å²) in [5.74, 6) is -0.334. The van der Waals surface area contributed by atoms with Crippen LogP contribution in [0.4, 0.5) is 5.69 Å². The minimum absolute atomic E-state index is 0.140. The van der Waals surface area contributed by atoms with Gasteiger partial charge in [-0.15, -0.1) is 11.3 Å². The van der Waals surface area contributed by atoms with Gasteiger partial charge in [0.2, 0.25) is 11.8 Å². The number of amides is 1. The Labute approximate surface area is 137 Å². The van der Waals surface area contributed by atoms with E-state index in [-0.39, 0.29) is 17.5 Å². The zero-order valence-electron chi connectivity index (χ0n) is 12.6. The number of ether oxygens (including phenoxy) is 1. The zero-order chi connectivity index (χ0) is 16.4. The summed E-state index contributed by atoms with van der Waals surface area (Å²) in [5.41, 5.74) is 1.64. The van der Waals surface area contributed by atoms with Crippen LogP contribution in [0.25, 0.3) is 6.08 Å². The maximum Gasteiger partial charge on any atom is 0.363 e. The van der Waals surface area contributed by atoms with Crippen molar-refractivity contribution in [3.63, 3.8) is 0 Å². The molecule has 3 rings (SSSR count). The molecule has 1 N–H and O–H groups in total. The number of nitrogens with one attached hydrogen (secondary N) is 1. The second kappa shape index (κ2) is 6.18. The first-order chi connectivity index (χ1) is 11.0. The SMILES string of the molecule is CC(=O)Nc1ccc(C2=NC(=Cc3ccc(C)s3)C(=O)O2)cc1. The van der Waals surface area contributed by atoms with Gasteiger partial charge in [0, 0.05) is 27.9 Å². The van der Waals surface area contributed by atoms with Gasteiger partial charge >= 0.3 is 5.97 Å². The Morgan fingerprint density at radius 2 is 1.96 bits per heavy atom. The summed E-state index contributed by atoms with van der Waals surface area (Å²) in [4.78, 5) is 29.3. The van der Waals surface area contributed by atoms with E-state index in [9.17, 15) is 9.59 Å². The number of anilines is 1. The number of aryl methyl sites for hydroxylation is 1. The highest BCUT2D eigenvalue weighted by Crippen LogP contribution is 2.23. The first kappa shape index (κ1) is 15.2. The van der Waals surface area contributed by atoms with Crippen molar-refractivity contribution in [3.05, 3.63) is 57.4 Å². The lowest BCUT2D eigenvalue weighted by Crippen LogP contribution is -2.07. The van der Waals surface area contributed by atoms with Crippen LogP contribution in [0.5, 0.6) is 0 Å². The van der Waals surface area contributed by atoms with E-state index in [1.54, 1.807) is 41.7 Å². The molecular formula is C17H14N2O3S. The average Bonchev–Trinajstić information content (AvgIpc) is 3.06. The number of carbonyl (C=O) groups is 2. The van der Waals surface area contributed by atoms with Crippen LogP contribution in [0.3, 0.4) is 0 Å². The van der Waals surface area contributed by atoms with Gasteiger partial charge in [-0.3, -0.25) is 4.79 Å². The monoisotopic (exact) mass is 326 g/mol. The molecule has 0 aliphatic carbocycles. The minimum atomic E-state index is -0.461. The van der Waals surface area contributed by atoms with Crippen molar-refractivity contribution in [2.24, 2.45) is 4.99 Å². The molecule has 0 saturated heterocycles. The van der Waals surface area contributed by atoms with E-state index in [0.29, 0.717) is 11.3 Å². The van der Waals surface area contributed by atoms with Crippen molar-refractivity contribution >= 4 is 40.9 Å². The topological polar surface area (TPSA) is 67.8 Å². The number of carbonyl (C=O) groups excluding carboxylic acids is 2. The smallest absolute Gasteiger partial charge is 0.363 e. The third-order valence-electron chi connectivity index (χ3n) is 3.11. The van der Waals surface area contributed by atoms with Crippen LogP contribution in [-0.2, 0) is 14.3 Å². The molecule has 1 aromatic heterocycles. The fourth-order valence-corrected chi connectivity index (χ4v) is 2.91. The molecule has 0 atom stereocenters. The van der Waals surface area contributed by atoms with E-state index < -0.39 is 5.97 Å². The number of rotatable bonds is 3. The van der Waals surface area contributed by atoms with Crippen LogP contribution in [0.15, 0.2) is 47.1 Å². The zero-order valence-corrected chi connectivity index (χ0v) is 13.4. The molecule has 0 unspecified atom stereocenters. The van der Waals surface area contributed by atoms with Crippen LogP contribution in [0, 0.1) is 6.92 Å². The predicted octanol–water partition coefficient (Wildman–Crippen LogP) is 3.36. The van der Waals surface area contributed by atoms with Crippen molar-refractivity contribution < 1.29 is 14.3 Å². The van der Waals surface area contributed by atoms with Crippen LogP contribution in [-0.4, -0.2) is 17.8 Å². The van der Waals surface area contributed by atoms with E-state index in [4.69, 9.17) is 4.74 Å². The van der Waals surface area contributed by atoms with Crippen molar-refractivity contribution in [1.82, 2.24) is 0 Å². The molecule has 0 radical (unpaired) electrons. The number of aliphatic imine (C=N–C) groups is 1. The predicted molar refractivity (Wildman–Crippen MR) is 90.4 cm³/mol. The molecule has 2 heterocycles. The van der Waals surface area contributed by atoms with Gasteiger partial charge in [0.05, 0.1) is 0 Å². The molecule has 0 saturated carbocycles. The largest absolute Gasteiger partial charge is 0.402 e. The summed E-state index contributed by atoms with van der Waals surface area (Å²) in [6, 6.07) is 10.9. The van der Waals surface area contributed by atoms with Crippen LogP contribution in [0.2, 0.25) is 0 Å². The fourth-order valence-electron chi connectivity index (χ4n) is 2.10. The molecule has 0 bridgehead atoms. The standard InChI is InChI=1S/C17H14N2O3S/c1-10-3-8-14(23-10)9-15-17(21)22-16(19-15)12-4-6-13(7-5-12)18-11(2)20/h3-9H,1-2H3,(H,18,20). The summed E-state index contributed by atoms with van der Waals surface area (Å²) in [6.07, 6.45) is 1.72. The number of cyclic esters (lactones) is 1. The summed E-state index contributed by atoms with van der Waals surface area (Å²) in [7, 11) is 0. The number of esters is 1. The first-order valence-corrected chi connectivity index (χ1v) is 7.80. The van der Waals surface area contributed by atoms with E-state index in [1.165, 1.54) is 11.8 Å². The molecule has 23 heavy (non-hydrogen) atoms. The Bertz CT molecular complexity index is 832. The van der Waals surface area contributed by atoms with Gasteiger partial charge in [-0.1, -0.05) is 0 Å². The Hall–Kier alpha value is -2.73. The third kappa shape index (κ3) is 3.54. The molecule has 1 aliphatic heterocycles. The number of hydrogen-bond acceptors (Lipinski definition) is 5. The third-order valence-corrected chi connectivity index (χ3v) is 4.06. The molecule has 2 aromatic rings. The highest BCUT2D eigenvalue weighted by Gasteiger charge is 2.24. The van der Waals surface area contributed by atoms with Gasteiger partial charge in [0.1, 0.15) is 0 Å². The van der Waals surface area contributed by atoms with Gasteiger partial charge in [-0.25, -0.2) is 9.79 Å². The Morgan fingerprint density at radius 3 is 2.57 bits per heavy atom. The second-order valence-corrected chi connectivity index (χ2v) is 6.36. The lowest BCUT2D eigenvalue weighted by molar-refractivity contribution is -0.129. The van der Waals surface area contributed by atoms with Gasteiger partial charge in [-0.05, 0) is 49.4 Å². The van der Waals surface area contributed by atoms with E-state index in [1.807, 2.05) is 19.1 Å². The van der Waals surface area contributed by atoms with Crippen LogP contribution in [0.1, 0.15) is 22.2 Å². The van der Waals surface area contributed by atoms with Crippen molar-refractivity contribution in [3.8, 4) is 0 Å². The number of nitrogens with zero attached hydrogens (tertiary/aromatic N) is 1. The average molecular weight is 326 g/mol. The van der Waals surface area contributed by atoms with E-state index in [2.05, 4.69) is 10.3 Å². The Morgan fingerprint density at radius 1 is 1.22 bits per heavy atom. The summed E-state index contributed by atoms with van der Waals surface area (Å²) in [5, 5.41) is 2.68. The lowest BCUT2D eigenvalue weighted by Gasteiger charge is -2.03. The molecular weight excluding hydrogens is 312 g/mol. The molecule has 0 fully saturated rings. The van der Waals surface area contributed by atoms with Crippen LogP contribution >= 0.6 is 11.3 Å². The Balaban J connectivity index is 1.83. The van der Waals surface area contributed by atoms with Gasteiger partial charge in [0.25, 0.3) is 0 Å². The highest BCUT2D eigenvalue weighted by atomic mass is 32.1. The molecule has 1 aromatic carbocycles. The molecule has 6 heteroatoms. The molecule has 1 amide bonds. The molecule has 1 aliphatic rings. The lowest BCUT2D eigenvalue weighted by atomic mass is 10.2. The summed E-state index contributed by atoms with van der Waals surface area (Å²) in [6.45, 7) is 3.45. The maximum atomic E-state index is 11.9. The van der Waals surface area contributed by atoms with Gasteiger partial charge < -0.3 is 10.1 Å². The first-order valence-electron chi connectivity index (χ1n) is 6.98. The van der Waals surface area contributed by atoms with Crippen LogP contribution < -0.4 is 5.32 Å². The maximum absolute atomic E-state index is 11.9. The molecule has 5 nitrogen and oxygen atoms in total. The summed E-state index contributed by atoms with van der Waals surface area (Å²) >= 11 is 1.59. The van der Waals surface area contributed by atoms with Gasteiger partial charge in [-0.2, -0.15) is 0 Å².